The van der Waals surface area contributed by atoms with Crippen molar-refractivity contribution in [2.24, 2.45) is 5.92 Å². The van der Waals surface area contributed by atoms with Gasteiger partial charge in [0.25, 0.3) is 0 Å². The molecule has 2 rings (SSSR count). The van der Waals surface area contributed by atoms with E-state index in [1.807, 2.05) is 6.08 Å². The van der Waals surface area contributed by atoms with E-state index in [1.165, 1.54) is 18.4 Å². The van der Waals surface area contributed by atoms with Crippen LogP contribution in [0.4, 0.5) is 5.13 Å². The van der Waals surface area contributed by atoms with Crippen molar-refractivity contribution in [1.82, 2.24) is 4.98 Å². The van der Waals surface area contributed by atoms with Gasteiger partial charge in [0, 0.05) is 11.3 Å². The zero-order valence-electron chi connectivity index (χ0n) is 10.7. The van der Waals surface area contributed by atoms with Crippen LogP contribution in [-0.4, -0.2) is 24.0 Å². The predicted molar refractivity (Wildman–Crippen MR) is 72.9 cm³/mol. The maximum absolute atomic E-state index is 12.0. The second kappa shape index (κ2) is 6.47. The fourth-order valence-electron chi connectivity index (χ4n) is 1.90. The maximum atomic E-state index is 12.0. The van der Waals surface area contributed by atoms with E-state index in [4.69, 9.17) is 0 Å². The van der Waals surface area contributed by atoms with Crippen LogP contribution < -0.4 is 5.32 Å². The van der Waals surface area contributed by atoms with Gasteiger partial charge in [-0.3, -0.25) is 9.59 Å². The van der Waals surface area contributed by atoms with Crippen molar-refractivity contribution in [3.05, 3.63) is 23.2 Å². The van der Waals surface area contributed by atoms with E-state index in [2.05, 4.69) is 21.1 Å². The minimum Gasteiger partial charge on any atom is -0.469 e. The Morgan fingerprint density at radius 1 is 1.53 bits per heavy atom. The number of hydrogen-bond donors (Lipinski definition) is 1. The molecule has 19 heavy (non-hydrogen) atoms. The van der Waals surface area contributed by atoms with Gasteiger partial charge in [-0.1, -0.05) is 12.2 Å². The molecule has 0 radical (unpaired) electrons. The Morgan fingerprint density at radius 3 is 3.05 bits per heavy atom. The summed E-state index contributed by atoms with van der Waals surface area (Å²) < 4.78 is 4.57. The third-order valence-corrected chi connectivity index (χ3v) is 3.78. The SMILES string of the molecule is COC(=O)Cc1csc(NC(=O)[C@@H]2CC=CCC2)n1. The molecule has 1 heterocycles. The highest BCUT2D eigenvalue weighted by Gasteiger charge is 2.19. The summed E-state index contributed by atoms with van der Waals surface area (Å²) >= 11 is 1.33. The van der Waals surface area contributed by atoms with Gasteiger partial charge in [0.2, 0.25) is 5.91 Å². The Labute approximate surface area is 115 Å². The van der Waals surface area contributed by atoms with E-state index >= 15 is 0 Å². The molecule has 0 aliphatic heterocycles. The summed E-state index contributed by atoms with van der Waals surface area (Å²) in [7, 11) is 1.34. The number of ether oxygens (including phenoxy) is 1. The fraction of sp³-hybridized carbons (Fsp3) is 0.462. The number of methoxy groups -OCH3 is 1. The van der Waals surface area contributed by atoms with Crippen LogP contribution in [0.25, 0.3) is 0 Å². The molecule has 1 atom stereocenters. The number of allylic oxidation sites excluding steroid dienone is 2. The van der Waals surface area contributed by atoms with E-state index in [0.29, 0.717) is 10.8 Å². The molecule has 0 spiro atoms. The number of carbonyl (C=O) groups is 2. The summed E-state index contributed by atoms with van der Waals surface area (Å²) in [6, 6.07) is 0. The van der Waals surface area contributed by atoms with Crippen LogP contribution in [0.3, 0.4) is 0 Å². The summed E-state index contributed by atoms with van der Waals surface area (Å²) in [6.45, 7) is 0. The number of nitrogens with one attached hydrogen (secondary N) is 1. The number of rotatable bonds is 4. The van der Waals surface area contributed by atoms with Gasteiger partial charge in [-0.2, -0.15) is 0 Å². The van der Waals surface area contributed by atoms with Crippen LogP contribution in [0, 0.1) is 5.92 Å². The van der Waals surface area contributed by atoms with Crippen molar-refractivity contribution < 1.29 is 14.3 Å². The summed E-state index contributed by atoms with van der Waals surface area (Å²) in [6.07, 6.45) is 6.88. The molecule has 0 aromatic carbocycles. The Kier molecular flexibility index (Phi) is 4.68. The highest BCUT2D eigenvalue weighted by molar-refractivity contribution is 7.13. The van der Waals surface area contributed by atoms with Crippen molar-refractivity contribution in [2.45, 2.75) is 25.7 Å². The number of amides is 1. The lowest BCUT2D eigenvalue weighted by atomic mass is 9.94. The molecule has 102 valence electrons. The number of thiazole rings is 1. The molecule has 1 aliphatic carbocycles. The first-order valence-electron chi connectivity index (χ1n) is 6.16. The number of anilines is 1. The Morgan fingerprint density at radius 2 is 2.37 bits per heavy atom. The zero-order valence-corrected chi connectivity index (χ0v) is 11.5. The Balaban J connectivity index is 1.90. The first kappa shape index (κ1) is 13.7. The lowest BCUT2D eigenvalue weighted by molar-refractivity contribution is -0.139. The monoisotopic (exact) mass is 280 g/mol. The normalized spacial score (nSPS) is 18.1. The second-order valence-corrected chi connectivity index (χ2v) is 5.23. The van der Waals surface area contributed by atoms with Crippen LogP contribution in [-0.2, 0) is 20.7 Å². The van der Waals surface area contributed by atoms with Crippen molar-refractivity contribution in [3.63, 3.8) is 0 Å². The topological polar surface area (TPSA) is 68.3 Å². The summed E-state index contributed by atoms with van der Waals surface area (Å²) in [5.74, 6) is -0.304. The third-order valence-electron chi connectivity index (χ3n) is 2.97. The van der Waals surface area contributed by atoms with Crippen LogP contribution in [0.1, 0.15) is 25.0 Å². The first-order valence-corrected chi connectivity index (χ1v) is 7.04. The number of hydrogen-bond acceptors (Lipinski definition) is 5. The van der Waals surface area contributed by atoms with Crippen LogP contribution in [0.15, 0.2) is 17.5 Å². The van der Waals surface area contributed by atoms with Gasteiger partial charge in [-0.05, 0) is 19.3 Å². The van der Waals surface area contributed by atoms with Crippen LogP contribution in [0.2, 0.25) is 0 Å². The largest absolute Gasteiger partial charge is 0.469 e. The van der Waals surface area contributed by atoms with Crippen molar-refractivity contribution in [2.75, 3.05) is 12.4 Å². The molecule has 1 aromatic rings. The van der Waals surface area contributed by atoms with Gasteiger partial charge < -0.3 is 10.1 Å². The predicted octanol–water partition coefficient (Wildman–Crippen LogP) is 2.15. The maximum Gasteiger partial charge on any atom is 0.311 e. The number of nitrogens with zero attached hydrogens (tertiary/aromatic N) is 1. The van der Waals surface area contributed by atoms with Crippen LogP contribution in [0.5, 0.6) is 0 Å². The highest BCUT2D eigenvalue weighted by atomic mass is 32.1. The quantitative estimate of drug-likeness (QED) is 0.678. The van der Waals surface area contributed by atoms with Gasteiger partial charge in [-0.25, -0.2) is 4.98 Å². The average Bonchev–Trinajstić information content (AvgIpc) is 2.86. The molecule has 1 N–H and O–H groups in total. The Bertz CT molecular complexity index is 496. The van der Waals surface area contributed by atoms with E-state index in [-0.39, 0.29) is 24.2 Å². The van der Waals surface area contributed by atoms with Gasteiger partial charge in [0.05, 0.1) is 19.2 Å². The van der Waals surface area contributed by atoms with Crippen LogP contribution >= 0.6 is 11.3 Å². The van der Waals surface area contributed by atoms with Gasteiger partial charge in [-0.15, -0.1) is 11.3 Å². The minimum absolute atomic E-state index is 0.00307. The third kappa shape index (κ3) is 3.89. The molecule has 1 amide bonds. The van der Waals surface area contributed by atoms with E-state index in [0.717, 1.165) is 19.3 Å². The second-order valence-electron chi connectivity index (χ2n) is 4.37. The molecular weight excluding hydrogens is 264 g/mol. The van der Waals surface area contributed by atoms with Crippen molar-refractivity contribution >= 4 is 28.3 Å². The summed E-state index contributed by atoms with van der Waals surface area (Å²) in [5.41, 5.74) is 0.621. The van der Waals surface area contributed by atoms with Crippen molar-refractivity contribution in [1.29, 1.82) is 0 Å². The fourth-order valence-corrected chi connectivity index (χ4v) is 2.62. The van der Waals surface area contributed by atoms with E-state index in [9.17, 15) is 9.59 Å². The average molecular weight is 280 g/mol. The summed E-state index contributed by atoms with van der Waals surface area (Å²) in [5, 5.41) is 5.10. The smallest absolute Gasteiger partial charge is 0.311 e. The van der Waals surface area contributed by atoms with E-state index < -0.39 is 0 Å². The number of carbonyl (C=O) groups excluding carboxylic acids is 2. The van der Waals surface area contributed by atoms with Gasteiger partial charge in [0.1, 0.15) is 0 Å². The van der Waals surface area contributed by atoms with Crippen molar-refractivity contribution in [3.8, 4) is 0 Å². The van der Waals surface area contributed by atoms with Gasteiger partial charge >= 0.3 is 5.97 Å². The molecule has 1 aromatic heterocycles. The molecule has 0 fully saturated rings. The molecule has 0 unspecified atom stereocenters. The molecule has 1 aliphatic rings. The lowest BCUT2D eigenvalue weighted by Gasteiger charge is -2.15. The molecular formula is C13H16N2O3S. The summed E-state index contributed by atoms with van der Waals surface area (Å²) in [4.78, 5) is 27.3. The lowest BCUT2D eigenvalue weighted by Crippen LogP contribution is -2.23. The standard InChI is InChI=1S/C13H16N2O3S/c1-18-11(16)7-10-8-19-13(14-10)15-12(17)9-5-3-2-4-6-9/h2-3,8-9H,4-7H2,1H3,(H,14,15,17)/t9-/m1/s1. The van der Waals surface area contributed by atoms with Gasteiger partial charge in [0.15, 0.2) is 5.13 Å². The molecule has 5 nitrogen and oxygen atoms in total. The highest BCUT2D eigenvalue weighted by Crippen LogP contribution is 2.22. The minimum atomic E-state index is -0.333. The molecule has 0 bridgehead atoms. The number of esters is 1. The molecule has 6 heteroatoms. The molecule has 0 saturated carbocycles. The Hall–Kier alpha value is -1.69. The zero-order chi connectivity index (χ0) is 13.7. The van der Waals surface area contributed by atoms with E-state index in [1.54, 1.807) is 5.38 Å². The molecule has 0 saturated heterocycles. The first-order chi connectivity index (χ1) is 9.19. The number of aromatic nitrogens is 1.